The highest BCUT2D eigenvalue weighted by Gasteiger charge is 2.40. The van der Waals surface area contributed by atoms with Crippen molar-refractivity contribution >= 4 is 91.9 Å². The number of esters is 3. The van der Waals surface area contributed by atoms with Crippen LogP contribution < -0.4 is 20.0 Å². The molecule has 0 spiro atoms. The van der Waals surface area contributed by atoms with Gasteiger partial charge in [0, 0.05) is 126 Å². The molecule has 33 nitrogen and oxygen atoms in total. The van der Waals surface area contributed by atoms with Crippen LogP contribution in [0, 0.1) is 103 Å². The van der Waals surface area contributed by atoms with Crippen molar-refractivity contribution in [2.45, 2.75) is 145 Å². The lowest BCUT2D eigenvalue weighted by atomic mass is 9.75. The van der Waals surface area contributed by atoms with Crippen molar-refractivity contribution in [2.24, 2.45) is 53.3 Å². The Bertz CT molecular complexity index is 5050. The van der Waals surface area contributed by atoms with Crippen molar-refractivity contribution in [3.8, 4) is 34.2 Å². The normalized spacial score (nSPS) is 23.8. The molecule has 6 atom stereocenters. The molecule has 9 heterocycles. The Kier molecular flexibility index (Phi) is 23.6. The summed E-state index contributed by atoms with van der Waals surface area (Å²) in [6, 6.07) is 15.0. The molecule has 1 amide bonds. The van der Waals surface area contributed by atoms with Gasteiger partial charge in [-0.2, -0.15) is 0 Å². The Morgan fingerprint density at radius 3 is 1.00 bits per heavy atom. The molecule has 33 heteroatoms. The molecule has 3 saturated heterocycles. The van der Waals surface area contributed by atoms with E-state index in [1.54, 1.807) is 41.3 Å². The van der Waals surface area contributed by atoms with Gasteiger partial charge in [0.25, 0.3) is 17.1 Å². The number of ether oxygens (including phenoxy) is 3. The number of carbonyl (C=O) groups is 4. The van der Waals surface area contributed by atoms with Gasteiger partial charge < -0.3 is 39.1 Å². The van der Waals surface area contributed by atoms with E-state index in [1.165, 1.54) is 57.3 Å². The number of amides is 1. The summed E-state index contributed by atoms with van der Waals surface area (Å²) >= 11 is 0. The van der Waals surface area contributed by atoms with Gasteiger partial charge in [-0.15, -0.1) is 0 Å². The number of benzene rings is 3. The maximum absolute atomic E-state index is 13.4. The van der Waals surface area contributed by atoms with Crippen LogP contribution in [0.1, 0.15) is 158 Å². The number of nitrogens with zero attached hydrogens (tertiary/aromatic N) is 16. The second kappa shape index (κ2) is 33.6. The largest absolute Gasteiger partial charge is 0.459 e. The first-order chi connectivity index (χ1) is 54.6. The zero-order valence-corrected chi connectivity index (χ0v) is 65.8. The third-order valence-electron chi connectivity index (χ3n) is 23.5. The van der Waals surface area contributed by atoms with Crippen LogP contribution in [0.5, 0.6) is 0 Å². The van der Waals surface area contributed by atoms with Gasteiger partial charge in [0.05, 0.1) is 34.5 Å². The molecule has 3 aliphatic heterocycles. The number of piperazine rings is 2. The molecule has 0 radical (unpaired) electrons. The van der Waals surface area contributed by atoms with E-state index < -0.39 is 22.8 Å². The predicted octanol–water partition coefficient (Wildman–Crippen LogP) is 15.1. The van der Waals surface area contributed by atoms with Crippen molar-refractivity contribution in [3.63, 3.8) is 0 Å². The zero-order valence-electron chi connectivity index (χ0n) is 65.8. The monoisotopic (exact) mass is 1560 g/mol. The topological polar surface area (TPSA) is 363 Å². The second-order valence-corrected chi connectivity index (χ2v) is 32.2. The first-order valence-electron chi connectivity index (χ1n) is 39.3. The van der Waals surface area contributed by atoms with Crippen LogP contribution in [0.4, 0.5) is 51.2 Å². The quantitative estimate of drug-likeness (QED) is 0.0243. The Morgan fingerprint density at radius 2 is 0.719 bits per heavy atom. The SMILES string of the molecule is [C-]#[N+]c1cn2[nH]c(-c3ccc(N4CCCCC4)c([N+](=O)[O-])c3)nc2c1C(=O)OC1C(C)CC(C)CC1C.[C-]#[N+]c1cn2[nH]c(-c3ccc(N4CCN(C(C)=O)CC4)c([N+](=O)[O-])c3)nc2c1C(=O)OC1C(C)CC(C)CC1C.[C-]#[N+]c1cn2[nH]c(-c3ccc(N4CCNCC4)c([N+](=O)[O-])c3)nc2c1C(=O)OC1C(C)CC(C)CC1C. The van der Waals surface area contributed by atoms with Crippen LogP contribution in [0.25, 0.3) is 65.6 Å². The van der Waals surface area contributed by atoms with Gasteiger partial charge in [-0.25, -0.2) is 43.9 Å². The molecule has 598 valence electrons. The molecule has 6 aliphatic rings. The van der Waals surface area contributed by atoms with Crippen LogP contribution in [0.2, 0.25) is 0 Å². The molecule has 3 aliphatic carbocycles. The highest BCUT2D eigenvalue weighted by atomic mass is 16.6. The van der Waals surface area contributed by atoms with Gasteiger partial charge in [0.1, 0.15) is 52.1 Å². The van der Waals surface area contributed by atoms with Crippen molar-refractivity contribution in [2.75, 3.05) is 80.1 Å². The number of rotatable bonds is 15. The Balaban J connectivity index is 0.000000149. The number of piperidine rings is 1. The molecular formula is C81H96N20O13. The van der Waals surface area contributed by atoms with E-state index in [0.29, 0.717) is 108 Å². The average Bonchev–Trinajstić information content (AvgIpc) is 1.64. The standard InChI is InChI=1S/C28H33N7O5.C27H32N6O4.C26H31N7O4/c1-16-12-17(2)25(18(3)13-16)40-28(37)24-21(29-5)15-34-27(24)30-26(31-34)20-6-7-22(23(14-20)35(38)39)33-10-8-32(9-11-33)19(4)36;1-16-12-17(2)24(18(3)13-16)37-27(34)23-20(28-4)15-32-26(23)29-25(30-32)19-8-9-21(22(14-19)33(35)36)31-10-6-5-7-11-31;1-15-11-16(2)23(17(3)12-15)37-26(34)22-19(27-4)14-32-25(22)29-24(30-32)18-5-6-20(21(13-18)33(35)36)31-9-7-28-8-10-31/h6-7,14-18,25H,8-13H2,1-4H3,(H,30,31);8-9,14-18,24H,5-7,10-13H2,1-3H3,(H,29,30);5-6,13-17,23,28H,7-12H2,1-3H3,(H,29,30). The van der Waals surface area contributed by atoms with Crippen molar-refractivity contribution < 1.29 is 48.2 Å². The number of fused-ring (bicyclic) bond motifs is 3. The fourth-order valence-electron chi connectivity index (χ4n) is 18.4. The summed E-state index contributed by atoms with van der Waals surface area (Å²) < 4.78 is 22.4. The fourth-order valence-corrected chi connectivity index (χ4v) is 18.4. The van der Waals surface area contributed by atoms with Crippen molar-refractivity contribution in [1.82, 2.24) is 54.0 Å². The zero-order chi connectivity index (χ0) is 81.2. The molecule has 9 aromatic rings. The first-order valence-corrected chi connectivity index (χ1v) is 39.3. The van der Waals surface area contributed by atoms with Crippen molar-refractivity contribution in [1.29, 1.82) is 0 Å². The van der Waals surface area contributed by atoms with Gasteiger partial charge in [-0.1, -0.05) is 62.3 Å². The molecule has 6 fully saturated rings. The number of carbonyl (C=O) groups excluding carboxylic acids is 4. The van der Waals surface area contributed by atoms with Gasteiger partial charge in [0.15, 0.2) is 34.4 Å². The average molecular weight is 1560 g/mol. The van der Waals surface area contributed by atoms with Gasteiger partial charge >= 0.3 is 17.9 Å². The number of hydrogen-bond donors (Lipinski definition) is 4. The summed E-state index contributed by atoms with van der Waals surface area (Å²) in [5.74, 6) is 2.38. The number of H-pyrrole nitrogens is 3. The number of hydrogen-bond acceptors (Lipinski definition) is 20. The third-order valence-corrected chi connectivity index (χ3v) is 23.5. The van der Waals surface area contributed by atoms with Gasteiger partial charge in [-0.3, -0.25) is 64.0 Å². The summed E-state index contributed by atoms with van der Waals surface area (Å²) in [6.07, 6.45) is 12.9. The smallest absolute Gasteiger partial charge is 0.331 e. The molecule has 15 rings (SSSR count). The lowest BCUT2D eigenvalue weighted by Gasteiger charge is -2.37. The molecule has 6 aromatic heterocycles. The molecule has 0 bridgehead atoms. The van der Waals surface area contributed by atoms with E-state index in [0.717, 1.165) is 84.0 Å². The summed E-state index contributed by atoms with van der Waals surface area (Å²) in [5.41, 5.74) is 4.65. The number of nitro groups is 3. The lowest BCUT2D eigenvalue weighted by molar-refractivity contribution is -0.384. The van der Waals surface area contributed by atoms with Gasteiger partial charge in [0.2, 0.25) is 23.0 Å². The second-order valence-electron chi connectivity index (χ2n) is 32.2. The minimum atomic E-state index is -0.587. The van der Waals surface area contributed by atoms with Gasteiger partial charge in [-0.05, 0) is 147 Å². The predicted molar refractivity (Wildman–Crippen MR) is 427 cm³/mol. The van der Waals surface area contributed by atoms with Crippen LogP contribution in [-0.2, 0) is 19.0 Å². The number of aromatic nitrogens is 9. The maximum Gasteiger partial charge on any atom is 0.331 e. The maximum atomic E-state index is 13.4. The van der Waals surface area contributed by atoms with E-state index in [1.807, 2.05) is 9.80 Å². The van der Waals surface area contributed by atoms with Crippen LogP contribution in [0.15, 0.2) is 73.2 Å². The van der Waals surface area contributed by atoms with Crippen LogP contribution in [0.3, 0.4) is 0 Å². The summed E-state index contributed by atoms with van der Waals surface area (Å²) in [5, 5.41) is 48.2. The lowest BCUT2D eigenvalue weighted by Crippen LogP contribution is -2.48. The van der Waals surface area contributed by atoms with Crippen LogP contribution in [-0.4, -0.2) is 171 Å². The molecule has 3 aromatic carbocycles. The molecule has 114 heavy (non-hydrogen) atoms. The highest BCUT2D eigenvalue weighted by molar-refractivity contribution is 6.05. The minimum Gasteiger partial charge on any atom is -0.459 e. The Hall–Kier alpha value is -12.2. The Morgan fingerprint density at radius 1 is 0.430 bits per heavy atom. The molecular weight excluding hydrogens is 1460 g/mol. The summed E-state index contributed by atoms with van der Waals surface area (Å²) in [6.45, 7) is 49.9. The summed E-state index contributed by atoms with van der Waals surface area (Å²) in [7, 11) is 0. The fraction of sp³-hybridized carbons (Fsp3) is 0.506. The van der Waals surface area contributed by atoms with E-state index in [4.69, 9.17) is 33.9 Å². The molecule has 3 saturated carbocycles. The van der Waals surface area contributed by atoms with E-state index in [-0.39, 0.29) is 137 Å². The molecule has 4 N–H and O–H groups in total. The Labute approximate surface area is 658 Å². The number of anilines is 3. The van der Waals surface area contributed by atoms with E-state index in [2.05, 4.69) is 117 Å². The van der Waals surface area contributed by atoms with Crippen LogP contribution >= 0.6 is 0 Å². The summed E-state index contributed by atoms with van der Waals surface area (Å²) in [4.78, 5) is 118. The first kappa shape index (κ1) is 79.9. The number of nitrogens with one attached hydrogen (secondary N) is 4. The highest BCUT2D eigenvalue weighted by Crippen LogP contribution is 2.43. The minimum absolute atomic E-state index is 0.00327. The molecule has 6 unspecified atom stereocenters. The number of aromatic amines is 3. The van der Waals surface area contributed by atoms with Crippen molar-refractivity contribution in [3.05, 3.63) is 154 Å². The third kappa shape index (κ3) is 16.5. The van der Waals surface area contributed by atoms with E-state index in [9.17, 15) is 49.5 Å². The van der Waals surface area contributed by atoms with E-state index >= 15 is 0 Å². The number of nitro benzene ring substituents is 3.